The Bertz CT molecular complexity index is 357. The molecule has 0 radical (unpaired) electrons. The van der Waals surface area contributed by atoms with E-state index >= 15 is 0 Å². The van der Waals surface area contributed by atoms with E-state index in [0.29, 0.717) is 6.61 Å². The highest BCUT2D eigenvalue weighted by Gasteiger charge is 2.46. The van der Waals surface area contributed by atoms with E-state index < -0.39 is 12.1 Å². The first-order valence-corrected chi connectivity index (χ1v) is 4.83. The van der Waals surface area contributed by atoms with Crippen LogP contribution in [-0.2, 0) is 9.53 Å². The summed E-state index contributed by atoms with van der Waals surface area (Å²) < 4.78 is 10.3. The fourth-order valence-electron chi connectivity index (χ4n) is 1.47. The van der Waals surface area contributed by atoms with Crippen molar-refractivity contribution >= 4 is 5.97 Å². The van der Waals surface area contributed by atoms with Gasteiger partial charge in [-0.1, -0.05) is 12.1 Å². The summed E-state index contributed by atoms with van der Waals surface area (Å²) in [5.41, 5.74) is 0.880. The average molecular weight is 208 g/mol. The van der Waals surface area contributed by atoms with Crippen molar-refractivity contribution < 1.29 is 19.4 Å². The van der Waals surface area contributed by atoms with Crippen molar-refractivity contribution in [3.63, 3.8) is 0 Å². The molecule has 1 heterocycles. The monoisotopic (exact) mass is 208 g/mol. The van der Waals surface area contributed by atoms with E-state index in [4.69, 9.17) is 14.6 Å². The fraction of sp³-hybridized carbons (Fsp3) is 0.364. The summed E-state index contributed by atoms with van der Waals surface area (Å²) in [5, 5.41) is 8.67. The molecule has 0 saturated carbocycles. The van der Waals surface area contributed by atoms with Crippen LogP contribution >= 0.6 is 0 Å². The zero-order valence-corrected chi connectivity index (χ0v) is 8.34. The first kappa shape index (κ1) is 9.98. The molecule has 1 fully saturated rings. The van der Waals surface area contributed by atoms with Crippen molar-refractivity contribution in [1.29, 1.82) is 0 Å². The van der Waals surface area contributed by atoms with Gasteiger partial charge in [0.1, 0.15) is 11.9 Å². The van der Waals surface area contributed by atoms with Gasteiger partial charge in [-0.15, -0.1) is 0 Å². The van der Waals surface area contributed by atoms with E-state index in [0.717, 1.165) is 11.3 Å². The number of carbonyl (C=O) groups is 1. The Balaban J connectivity index is 2.03. The van der Waals surface area contributed by atoms with Crippen molar-refractivity contribution in [3.05, 3.63) is 29.8 Å². The summed E-state index contributed by atoms with van der Waals surface area (Å²) >= 11 is 0. The molecule has 0 bridgehead atoms. The third kappa shape index (κ3) is 2.10. The number of benzene rings is 1. The smallest absolute Gasteiger partial charge is 0.335 e. The van der Waals surface area contributed by atoms with E-state index in [1.807, 2.05) is 31.2 Å². The molecule has 2 rings (SSSR count). The maximum atomic E-state index is 10.6. The van der Waals surface area contributed by atoms with Gasteiger partial charge in [-0.25, -0.2) is 4.79 Å². The highest BCUT2D eigenvalue weighted by atomic mass is 16.6. The van der Waals surface area contributed by atoms with Crippen LogP contribution in [0, 0.1) is 0 Å². The Hall–Kier alpha value is -1.55. The Kier molecular flexibility index (Phi) is 2.60. The minimum Gasteiger partial charge on any atom is -0.494 e. The Morgan fingerprint density at radius 2 is 2.13 bits per heavy atom. The van der Waals surface area contributed by atoms with E-state index in [-0.39, 0.29) is 6.10 Å². The van der Waals surface area contributed by atoms with Gasteiger partial charge in [0.2, 0.25) is 0 Å². The topological polar surface area (TPSA) is 59.1 Å². The van der Waals surface area contributed by atoms with Crippen molar-refractivity contribution in [1.82, 2.24) is 0 Å². The molecule has 1 aromatic rings. The van der Waals surface area contributed by atoms with Gasteiger partial charge < -0.3 is 14.6 Å². The highest BCUT2D eigenvalue weighted by Crippen LogP contribution is 2.39. The lowest BCUT2D eigenvalue weighted by molar-refractivity contribution is -0.138. The predicted molar refractivity (Wildman–Crippen MR) is 52.9 cm³/mol. The maximum absolute atomic E-state index is 10.6. The first-order valence-electron chi connectivity index (χ1n) is 4.83. The van der Waals surface area contributed by atoms with Gasteiger partial charge in [0.25, 0.3) is 0 Å². The van der Waals surface area contributed by atoms with Gasteiger partial charge in [-0.05, 0) is 24.6 Å². The molecule has 2 atom stereocenters. The maximum Gasteiger partial charge on any atom is 0.335 e. The van der Waals surface area contributed by atoms with Crippen molar-refractivity contribution in [3.8, 4) is 5.75 Å². The molecule has 4 heteroatoms. The molecule has 1 aliphatic rings. The Morgan fingerprint density at radius 3 is 2.60 bits per heavy atom. The van der Waals surface area contributed by atoms with Crippen LogP contribution in [0.25, 0.3) is 0 Å². The minimum atomic E-state index is -0.908. The molecule has 0 aromatic heterocycles. The fourth-order valence-corrected chi connectivity index (χ4v) is 1.47. The lowest BCUT2D eigenvalue weighted by atomic mass is 10.1. The molecule has 1 aliphatic heterocycles. The van der Waals surface area contributed by atoms with Gasteiger partial charge >= 0.3 is 5.97 Å². The lowest BCUT2D eigenvalue weighted by Gasteiger charge is -2.02. The summed E-state index contributed by atoms with van der Waals surface area (Å²) in [6.45, 7) is 2.54. The number of hydrogen-bond acceptors (Lipinski definition) is 3. The zero-order valence-electron chi connectivity index (χ0n) is 8.34. The Morgan fingerprint density at radius 1 is 1.47 bits per heavy atom. The molecule has 1 saturated heterocycles. The molecule has 0 unspecified atom stereocenters. The van der Waals surface area contributed by atoms with Crippen LogP contribution in [0.5, 0.6) is 5.75 Å². The van der Waals surface area contributed by atoms with Gasteiger partial charge in [-0.2, -0.15) is 0 Å². The zero-order chi connectivity index (χ0) is 10.8. The number of epoxide rings is 1. The number of aliphatic carboxylic acids is 1. The van der Waals surface area contributed by atoms with Crippen molar-refractivity contribution in [2.24, 2.45) is 0 Å². The molecule has 1 aromatic carbocycles. The van der Waals surface area contributed by atoms with Crippen LogP contribution in [-0.4, -0.2) is 23.8 Å². The van der Waals surface area contributed by atoms with Crippen LogP contribution in [0.4, 0.5) is 0 Å². The van der Waals surface area contributed by atoms with E-state index in [9.17, 15) is 4.79 Å². The third-order valence-electron chi connectivity index (χ3n) is 2.25. The van der Waals surface area contributed by atoms with Gasteiger partial charge in [0.05, 0.1) is 6.61 Å². The van der Waals surface area contributed by atoms with E-state index in [1.165, 1.54) is 0 Å². The van der Waals surface area contributed by atoms with Crippen LogP contribution in [0.3, 0.4) is 0 Å². The Labute approximate surface area is 87.4 Å². The molecule has 15 heavy (non-hydrogen) atoms. The van der Waals surface area contributed by atoms with Crippen molar-refractivity contribution in [2.45, 2.75) is 19.1 Å². The number of ether oxygens (including phenoxy) is 2. The largest absolute Gasteiger partial charge is 0.494 e. The van der Waals surface area contributed by atoms with Gasteiger partial charge in [0, 0.05) is 0 Å². The summed E-state index contributed by atoms with van der Waals surface area (Å²) in [5.74, 6) is -0.123. The molecule has 0 spiro atoms. The molecule has 4 nitrogen and oxygen atoms in total. The number of hydrogen-bond donors (Lipinski definition) is 1. The summed E-state index contributed by atoms with van der Waals surface area (Å²) in [4.78, 5) is 10.6. The quantitative estimate of drug-likeness (QED) is 0.763. The van der Waals surface area contributed by atoms with Crippen molar-refractivity contribution in [2.75, 3.05) is 6.61 Å². The van der Waals surface area contributed by atoms with Crippen LogP contribution in [0.1, 0.15) is 18.6 Å². The lowest BCUT2D eigenvalue weighted by Crippen LogP contribution is -2.04. The summed E-state index contributed by atoms with van der Waals surface area (Å²) in [7, 11) is 0. The van der Waals surface area contributed by atoms with Gasteiger partial charge in [0.15, 0.2) is 6.10 Å². The van der Waals surface area contributed by atoms with E-state index in [1.54, 1.807) is 0 Å². The third-order valence-corrected chi connectivity index (χ3v) is 2.25. The van der Waals surface area contributed by atoms with Crippen LogP contribution < -0.4 is 4.74 Å². The second kappa shape index (κ2) is 3.90. The summed E-state index contributed by atoms with van der Waals surface area (Å²) in [6, 6.07) is 7.30. The molecule has 1 N–H and O–H groups in total. The second-order valence-corrected chi connectivity index (χ2v) is 3.32. The predicted octanol–water partition coefficient (Wildman–Crippen LogP) is 1.61. The number of rotatable bonds is 4. The molecule has 0 aliphatic carbocycles. The molecule has 80 valence electrons. The number of carboxylic acids is 1. The highest BCUT2D eigenvalue weighted by molar-refractivity contribution is 5.76. The standard InChI is InChI=1S/C11H12O4/c1-2-14-8-5-3-7(4-6-8)9-10(15-9)11(12)13/h3-6,9-10H,2H2,1H3,(H,12,13)/t9-,10+/m0/s1. The summed E-state index contributed by atoms with van der Waals surface area (Å²) in [6.07, 6.45) is -0.971. The average Bonchev–Trinajstić information content (AvgIpc) is 2.99. The normalized spacial score (nSPS) is 23.5. The van der Waals surface area contributed by atoms with E-state index in [2.05, 4.69) is 0 Å². The van der Waals surface area contributed by atoms with Gasteiger partial charge in [-0.3, -0.25) is 0 Å². The first-order chi connectivity index (χ1) is 7.22. The number of carboxylic acid groups (broad SMARTS) is 1. The SMILES string of the molecule is CCOc1ccc([C@@H]2O[C@H]2C(=O)O)cc1. The second-order valence-electron chi connectivity index (χ2n) is 3.32. The minimum absolute atomic E-state index is 0.293. The molecule has 0 amide bonds. The van der Waals surface area contributed by atoms with Crippen LogP contribution in [0.15, 0.2) is 24.3 Å². The van der Waals surface area contributed by atoms with Crippen LogP contribution in [0.2, 0.25) is 0 Å². The molecular formula is C11H12O4. The molecular weight excluding hydrogens is 196 g/mol.